The van der Waals surface area contributed by atoms with Crippen molar-refractivity contribution in [3.05, 3.63) is 0 Å². The molecule has 1 aliphatic carbocycles. The normalized spacial score (nSPS) is 19.5. The number of hydrogen-bond acceptors (Lipinski definition) is 3. The molecule has 1 atom stereocenters. The Hall–Kier alpha value is -0.220. The fourth-order valence-corrected chi connectivity index (χ4v) is 3.67. The van der Waals surface area contributed by atoms with Crippen LogP contribution in [0, 0.1) is 0 Å². The van der Waals surface area contributed by atoms with Crippen LogP contribution in [0.2, 0.25) is 0 Å². The van der Waals surface area contributed by atoms with Gasteiger partial charge in [-0.3, -0.25) is 4.79 Å². The topological polar surface area (TPSA) is 55.1 Å². The minimum Gasteiger partial charge on any atom is -0.368 e. The number of carbonyl (C=O) groups excluding carboxylic acids is 1. The van der Waals surface area contributed by atoms with Gasteiger partial charge in [-0.2, -0.15) is 11.8 Å². The Labute approximate surface area is 109 Å². The number of rotatable bonds is 7. The van der Waals surface area contributed by atoms with E-state index in [-0.39, 0.29) is 11.9 Å². The molecule has 0 spiro atoms. The summed E-state index contributed by atoms with van der Waals surface area (Å²) in [4.78, 5) is 11.3. The smallest absolute Gasteiger partial charge is 0.234 e. The van der Waals surface area contributed by atoms with Gasteiger partial charge in [-0.1, -0.05) is 33.1 Å². The van der Waals surface area contributed by atoms with Crippen molar-refractivity contribution in [1.82, 2.24) is 5.32 Å². The number of primary amides is 1. The molecule has 1 amide bonds. The fourth-order valence-electron chi connectivity index (χ4n) is 2.29. The van der Waals surface area contributed by atoms with Crippen LogP contribution in [0.3, 0.4) is 0 Å². The molecule has 0 aromatic carbocycles. The van der Waals surface area contributed by atoms with E-state index in [0.29, 0.717) is 6.04 Å². The van der Waals surface area contributed by atoms with Crippen molar-refractivity contribution < 1.29 is 4.79 Å². The van der Waals surface area contributed by atoms with Gasteiger partial charge in [-0.05, 0) is 25.0 Å². The number of carbonyl (C=O) groups is 1. The summed E-state index contributed by atoms with van der Waals surface area (Å²) in [6.45, 7) is 4.09. The van der Waals surface area contributed by atoms with Crippen LogP contribution in [0.1, 0.15) is 52.4 Å². The molecule has 0 aromatic heterocycles. The van der Waals surface area contributed by atoms with Gasteiger partial charge >= 0.3 is 0 Å². The molecule has 0 bridgehead atoms. The molecule has 1 aliphatic rings. The zero-order valence-electron chi connectivity index (χ0n) is 11.1. The SMILES string of the molecule is CC(C)NC(CCSC1CCCCC1)C(N)=O. The lowest BCUT2D eigenvalue weighted by Gasteiger charge is -2.22. The number of nitrogens with one attached hydrogen (secondary N) is 1. The Morgan fingerprint density at radius 2 is 2.00 bits per heavy atom. The van der Waals surface area contributed by atoms with Crippen molar-refractivity contribution in [3.8, 4) is 0 Å². The Morgan fingerprint density at radius 3 is 2.53 bits per heavy atom. The molecule has 0 saturated heterocycles. The first-order valence-corrected chi connectivity index (χ1v) is 7.81. The minimum atomic E-state index is -0.219. The average molecular weight is 258 g/mol. The first kappa shape index (κ1) is 14.8. The third kappa shape index (κ3) is 6.32. The monoisotopic (exact) mass is 258 g/mol. The zero-order chi connectivity index (χ0) is 12.7. The first-order valence-electron chi connectivity index (χ1n) is 6.76. The maximum atomic E-state index is 11.3. The lowest BCUT2D eigenvalue weighted by atomic mass is 10.0. The molecule has 0 aliphatic heterocycles. The third-order valence-electron chi connectivity index (χ3n) is 3.19. The van der Waals surface area contributed by atoms with Crippen molar-refractivity contribution >= 4 is 17.7 Å². The molecule has 1 unspecified atom stereocenters. The highest BCUT2D eigenvalue weighted by Gasteiger charge is 2.18. The Balaban J connectivity index is 2.19. The van der Waals surface area contributed by atoms with Crippen LogP contribution in [-0.4, -0.2) is 29.0 Å². The molecule has 17 heavy (non-hydrogen) atoms. The van der Waals surface area contributed by atoms with E-state index in [0.717, 1.165) is 17.4 Å². The summed E-state index contributed by atoms with van der Waals surface area (Å²) in [5.74, 6) is 0.820. The number of amides is 1. The molecule has 3 nitrogen and oxygen atoms in total. The van der Waals surface area contributed by atoms with Crippen molar-refractivity contribution in [1.29, 1.82) is 0 Å². The maximum absolute atomic E-state index is 11.3. The number of nitrogens with two attached hydrogens (primary N) is 1. The number of hydrogen-bond donors (Lipinski definition) is 2. The largest absolute Gasteiger partial charge is 0.368 e. The molecular formula is C13H26N2OS. The Morgan fingerprint density at radius 1 is 1.35 bits per heavy atom. The second-order valence-corrected chi connectivity index (χ2v) is 6.60. The van der Waals surface area contributed by atoms with Crippen LogP contribution in [0.25, 0.3) is 0 Å². The summed E-state index contributed by atoms with van der Waals surface area (Å²) in [5, 5.41) is 4.05. The van der Waals surface area contributed by atoms with Crippen LogP contribution in [0.4, 0.5) is 0 Å². The van der Waals surface area contributed by atoms with Gasteiger partial charge in [0.25, 0.3) is 0 Å². The van der Waals surface area contributed by atoms with Crippen molar-refractivity contribution in [2.24, 2.45) is 5.73 Å². The minimum absolute atomic E-state index is 0.161. The van der Waals surface area contributed by atoms with E-state index in [1.54, 1.807) is 0 Å². The molecule has 4 heteroatoms. The lowest BCUT2D eigenvalue weighted by molar-refractivity contribution is -0.120. The molecule has 0 heterocycles. The lowest BCUT2D eigenvalue weighted by Crippen LogP contribution is -2.44. The summed E-state index contributed by atoms with van der Waals surface area (Å²) >= 11 is 2.02. The molecule has 1 rings (SSSR count). The van der Waals surface area contributed by atoms with E-state index in [4.69, 9.17) is 5.73 Å². The second kappa shape index (κ2) is 7.98. The highest BCUT2D eigenvalue weighted by molar-refractivity contribution is 7.99. The molecule has 0 radical (unpaired) electrons. The van der Waals surface area contributed by atoms with Gasteiger partial charge in [0.2, 0.25) is 5.91 Å². The van der Waals surface area contributed by atoms with E-state index in [2.05, 4.69) is 5.32 Å². The van der Waals surface area contributed by atoms with Crippen molar-refractivity contribution in [2.45, 2.75) is 69.7 Å². The van der Waals surface area contributed by atoms with Crippen molar-refractivity contribution in [2.75, 3.05) is 5.75 Å². The van der Waals surface area contributed by atoms with E-state index >= 15 is 0 Å². The summed E-state index contributed by atoms with van der Waals surface area (Å²) in [5.41, 5.74) is 5.39. The summed E-state index contributed by atoms with van der Waals surface area (Å²) in [6.07, 6.45) is 7.71. The first-order chi connectivity index (χ1) is 8.09. The van der Waals surface area contributed by atoms with E-state index in [1.807, 2.05) is 25.6 Å². The van der Waals surface area contributed by atoms with Crippen LogP contribution in [0.5, 0.6) is 0 Å². The van der Waals surface area contributed by atoms with E-state index in [9.17, 15) is 4.79 Å². The van der Waals surface area contributed by atoms with Crippen LogP contribution >= 0.6 is 11.8 Å². The highest BCUT2D eigenvalue weighted by atomic mass is 32.2. The van der Waals surface area contributed by atoms with Gasteiger partial charge in [0.05, 0.1) is 6.04 Å². The van der Waals surface area contributed by atoms with Crippen molar-refractivity contribution in [3.63, 3.8) is 0 Å². The Kier molecular flexibility index (Phi) is 6.97. The number of thioether (sulfide) groups is 1. The van der Waals surface area contributed by atoms with Gasteiger partial charge < -0.3 is 11.1 Å². The summed E-state index contributed by atoms with van der Waals surface area (Å²) in [6, 6.07) is 0.151. The van der Waals surface area contributed by atoms with Crippen LogP contribution in [-0.2, 0) is 4.79 Å². The molecule has 100 valence electrons. The van der Waals surface area contributed by atoms with Gasteiger partial charge in [0.1, 0.15) is 0 Å². The highest BCUT2D eigenvalue weighted by Crippen LogP contribution is 2.28. The van der Waals surface area contributed by atoms with E-state index < -0.39 is 0 Å². The van der Waals surface area contributed by atoms with Crippen LogP contribution in [0.15, 0.2) is 0 Å². The van der Waals surface area contributed by atoms with Crippen LogP contribution < -0.4 is 11.1 Å². The second-order valence-electron chi connectivity index (χ2n) is 5.20. The van der Waals surface area contributed by atoms with Gasteiger partial charge in [-0.25, -0.2) is 0 Å². The third-order valence-corrected chi connectivity index (χ3v) is 4.60. The molecule has 3 N–H and O–H groups in total. The molecule has 1 fully saturated rings. The summed E-state index contributed by atoms with van der Waals surface area (Å²) in [7, 11) is 0. The maximum Gasteiger partial charge on any atom is 0.234 e. The standard InChI is InChI=1S/C13H26N2OS/c1-10(2)15-12(13(14)16)8-9-17-11-6-4-3-5-7-11/h10-12,15H,3-9H2,1-2H3,(H2,14,16). The Bertz CT molecular complexity index is 227. The van der Waals surface area contributed by atoms with E-state index in [1.165, 1.54) is 32.1 Å². The zero-order valence-corrected chi connectivity index (χ0v) is 11.9. The van der Waals surface area contributed by atoms with Gasteiger partial charge in [0, 0.05) is 11.3 Å². The average Bonchev–Trinajstić information content (AvgIpc) is 2.28. The summed E-state index contributed by atoms with van der Waals surface area (Å²) < 4.78 is 0. The fraction of sp³-hybridized carbons (Fsp3) is 0.923. The molecule has 1 saturated carbocycles. The predicted molar refractivity (Wildman–Crippen MR) is 75.2 cm³/mol. The molecule has 0 aromatic rings. The predicted octanol–water partition coefficient (Wildman–Crippen LogP) is 2.29. The van der Waals surface area contributed by atoms with Gasteiger partial charge in [0.15, 0.2) is 0 Å². The van der Waals surface area contributed by atoms with Gasteiger partial charge in [-0.15, -0.1) is 0 Å². The molecular weight excluding hydrogens is 232 g/mol. The quantitative estimate of drug-likeness (QED) is 0.736.